The first kappa shape index (κ1) is 13.5. The van der Waals surface area contributed by atoms with Gasteiger partial charge in [0, 0.05) is 31.0 Å². The Bertz CT molecular complexity index is 389. The molecule has 0 unspecified atom stereocenters. The van der Waals surface area contributed by atoms with Gasteiger partial charge in [-0.3, -0.25) is 0 Å². The van der Waals surface area contributed by atoms with Crippen molar-refractivity contribution in [2.75, 3.05) is 19.0 Å². The molecule has 1 aromatic rings. The van der Waals surface area contributed by atoms with Crippen molar-refractivity contribution in [1.82, 2.24) is 4.98 Å². The van der Waals surface area contributed by atoms with E-state index in [4.69, 9.17) is 10.7 Å². The Kier molecular flexibility index (Phi) is 4.64. The van der Waals surface area contributed by atoms with Gasteiger partial charge < -0.3 is 4.90 Å². The molecule has 0 fully saturated rings. The van der Waals surface area contributed by atoms with Crippen molar-refractivity contribution < 1.29 is 8.42 Å². The summed E-state index contributed by atoms with van der Waals surface area (Å²) in [6.45, 7) is 0. The van der Waals surface area contributed by atoms with E-state index in [1.54, 1.807) is 11.0 Å². The molecule has 1 heterocycles. The minimum absolute atomic E-state index is 0. The molecule has 1 rings (SSSR count). The van der Waals surface area contributed by atoms with Crippen LogP contribution in [0.15, 0.2) is 23.2 Å². The highest BCUT2D eigenvalue weighted by Gasteiger charge is 2.09. The van der Waals surface area contributed by atoms with E-state index in [9.17, 15) is 8.42 Å². The summed E-state index contributed by atoms with van der Waals surface area (Å²) < 4.78 is 21.7. The lowest BCUT2D eigenvalue weighted by Gasteiger charge is -2.10. The number of anilines is 1. The lowest BCUT2D eigenvalue weighted by molar-refractivity contribution is 0.609. The van der Waals surface area contributed by atoms with Crippen molar-refractivity contribution in [2.45, 2.75) is 4.90 Å². The fraction of sp³-hybridized carbons (Fsp3) is 0.286. The summed E-state index contributed by atoms with van der Waals surface area (Å²) in [5.41, 5.74) is 0. The van der Waals surface area contributed by atoms with Crippen molar-refractivity contribution in [3.8, 4) is 0 Å². The molecule has 0 saturated heterocycles. The van der Waals surface area contributed by atoms with Crippen LogP contribution in [0.4, 0.5) is 5.82 Å². The van der Waals surface area contributed by atoms with Crippen LogP contribution >= 0.6 is 23.1 Å². The summed E-state index contributed by atoms with van der Waals surface area (Å²) in [7, 11) is 5.09. The first-order valence-electron chi connectivity index (χ1n) is 3.49. The van der Waals surface area contributed by atoms with Gasteiger partial charge in [0.1, 0.15) is 10.7 Å². The van der Waals surface area contributed by atoms with Crippen LogP contribution in [-0.2, 0) is 9.05 Å². The molecule has 0 aliphatic rings. The predicted octanol–water partition coefficient (Wildman–Crippen LogP) is 1.50. The molecule has 0 aromatic carbocycles. The van der Waals surface area contributed by atoms with Gasteiger partial charge in [0.05, 0.1) is 0 Å². The lowest BCUT2D eigenvalue weighted by atomic mass is 10.4. The quantitative estimate of drug-likeness (QED) is 0.753. The molecule has 0 aliphatic heterocycles. The average molecular weight is 257 g/mol. The molecule has 0 radical (unpaired) electrons. The largest absolute Gasteiger partial charge is 0.363 e. The van der Waals surface area contributed by atoms with Gasteiger partial charge in [-0.25, -0.2) is 13.4 Å². The highest BCUT2D eigenvalue weighted by atomic mass is 35.7. The Hall–Kier alpha value is -0.520. The van der Waals surface area contributed by atoms with E-state index in [0.29, 0.717) is 5.82 Å². The molecule has 0 amide bonds. The van der Waals surface area contributed by atoms with E-state index < -0.39 is 9.05 Å². The lowest BCUT2D eigenvalue weighted by Crippen LogP contribution is -2.10. The summed E-state index contributed by atoms with van der Waals surface area (Å²) in [5.74, 6) is 0.684. The first-order valence-corrected chi connectivity index (χ1v) is 5.80. The number of nitrogens with zero attached hydrogens (tertiary/aromatic N) is 2. The van der Waals surface area contributed by atoms with Crippen LogP contribution in [0.25, 0.3) is 0 Å². The summed E-state index contributed by atoms with van der Waals surface area (Å²) in [6, 6.07) is 3.01. The number of halogens is 2. The van der Waals surface area contributed by atoms with E-state index >= 15 is 0 Å². The van der Waals surface area contributed by atoms with Crippen LogP contribution in [0.2, 0.25) is 0 Å². The van der Waals surface area contributed by atoms with E-state index in [1.807, 2.05) is 14.1 Å². The zero-order chi connectivity index (χ0) is 10.1. The Balaban J connectivity index is 0.00000169. The first-order chi connectivity index (χ1) is 5.91. The minimum Gasteiger partial charge on any atom is -0.363 e. The molecule has 0 bridgehead atoms. The standard InChI is InChI=1S/C7H9ClN2O2S.ClH/c1-10(2)7-4-3-6(5-9-7)13(8,11)12;/h3-5H,1-2H3;1H. The van der Waals surface area contributed by atoms with Gasteiger partial charge in [0.2, 0.25) is 0 Å². The van der Waals surface area contributed by atoms with Crippen molar-refractivity contribution in [1.29, 1.82) is 0 Å². The van der Waals surface area contributed by atoms with Crippen LogP contribution in [-0.4, -0.2) is 27.5 Å². The molecule has 0 N–H and O–H groups in total. The zero-order valence-electron chi connectivity index (χ0n) is 7.64. The number of rotatable bonds is 2. The monoisotopic (exact) mass is 256 g/mol. The van der Waals surface area contributed by atoms with Gasteiger partial charge in [-0.15, -0.1) is 12.4 Å². The number of hydrogen-bond donors (Lipinski definition) is 0. The maximum Gasteiger partial charge on any atom is 0.262 e. The summed E-state index contributed by atoms with van der Waals surface area (Å²) >= 11 is 0. The topological polar surface area (TPSA) is 50.3 Å². The third-order valence-electron chi connectivity index (χ3n) is 1.46. The predicted molar refractivity (Wildman–Crippen MR) is 58.9 cm³/mol. The minimum atomic E-state index is -3.65. The normalized spacial score (nSPS) is 10.5. The number of pyridine rings is 1. The second-order valence-corrected chi connectivity index (χ2v) is 5.25. The number of aromatic nitrogens is 1. The molecule has 0 spiro atoms. The Labute approximate surface area is 93.7 Å². The third kappa shape index (κ3) is 3.32. The van der Waals surface area contributed by atoms with Gasteiger partial charge in [-0.1, -0.05) is 0 Å². The third-order valence-corrected chi connectivity index (χ3v) is 2.80. The fourth-order valence-electron chi connectivity index (χ4n) is 0.781. The molecule has 80 valence electrons. The van der Waals surface area contributed by atoms with Crippen molar-refractivity contribution in [3.63, 3.8) is 0 Å². The second kappa shape index (κ2) is 4.82. The summed E-state index contributed by atoms with van der Waals surface area (Å²) in [5, 5.41) is 0. The molecule has 7 heteroatoms. The average Bonchev–Trinajstić information content (AvgIpc) is 2.03. The number of hydrogen-bond acceptors (Lipinski definition) is 4. The highest BCUT2D eigenvalue weighted by Crippen LogP contribution is 2.15. The van der Waals surface area contributed by atoms with Gasteiger partial charge >= 0.3 is 0 Å². The fourth-order valence-corrected chi connectivity index (χ4v) is 1.46. The van der Waals surface area contributed by atoms with Crippen molar-refractivity contribution in [3.05, 3.63) is 18.3 Å². The molecule has 4 nitrogen and oxygen atoms in total. The Morgan fingerprint density at radius 2 is 1.93 bits per heavy atom. The van der Waals surface area contributed by atoms with Gasteiger partial charge in [-0.05, 0) is 12.1 Å². The van der Waals surface area contributed by atoms with Gasteiger partial charge in [-0.2, -0.15) is 0 Å². The van der Waals surface area contributed by atoms with E-state index in [1.165, 1.54) is 12.3 Å². The Morgan fingerprint density at radius 3 is 2.21 bits per heavy atom. The zero-order valence-corrected chi connectivity index (χ0v) is 10.0. The van der Waals surface area contributed by atoms with Crippen LogP contribution in [0.1, 0.15) is 0 Å². The van der Waals surface area contributed by atoms with E-state index in [0.717, 1.165) is 0 Å². The van der Waals surface area contributed by atoms with Crippen LogP contribution < -0.4 is 4.90 Å². The van der Waals surface area contributed by atoms with Crippen molar-refractivity contribution in [2.24, 2.45) is 0 Å². The molecule has 0 atom stereocenters. The van der Waals surface area contributed by atoms with Crippen LogP contribution in [0, 0.1) is 0 Å². The maximum atomic E-state index is 10.8. The van der Waals surface area contributed by atoms with Gasteiger partial charge in [0.25, 0.3) is 9.05 Å². The molecule has 1 aromatic heterocycles. The molecule has 0 aliphatic carbocycles. The molecular formula is C7H10Cl2N2O2S. The Morgan fingerprint density at radius 1 is 1.36 bits per heavy atom. The van der Waals surface area contributed by atoms with E-state index in [-0.39, 0.29) is 17.3 Å². The van der Waals surface area contributed by atoms with Crippen LogP contribution in [0.3, 0.4) is 0 Å². The smallest absolute Gasteiger partial charge is 0.262 e. The van der Waals surface area contributed by atoms with Crippen LogP contribution in [0.5, 0.6) is 0 Å². The summed E-state index contributed by atoms with van der Waals surface area (Å²) in [6.07, 6.45) is 1.23. The van der Waals surface area contributed by atoms with Gasteiger partial charge in [0.15, 0.2) is 0 Å². The highest BCUT2D eigenvalue weighted by molar-refractivity contribution is 8.13. The molecule has 0 saturated carbocycles. The maximum absolute atomic E-state index is 10.8. The SMILES string of the molecule is CN(C)c1ccc(S(=O)(=O)Cl)cn1.Cl. The molecule has 14 heavy (non-hydrogen) atoms. The van der Waals surface area contributed by atoms with Crippen molar-refractivity contribution >= 4 is 38.0 Å². The van der Waals surface area contributed by atoms with E-state index in [2.05, 4.69) is 4.98 Å². The summed E-state index contributed by atoms with van der Waals surface area (Å²) in [4.78, 5) is 5.69. The molecular weight excluding hydrogens is 247 g/mol. The second-order valence-electron chi connectivity index (χ2n) is 2.68.